The van der Waals surface area contributed by atoms with Crippen LogP contribution in [0.25, 0.3) is 0 Å². The molecule has 2 N–H and O–H groups in total. The summed E-state index contributed by atoms with van der Waals surface area (Å²) in [6.45, 7) is 2.99. The molecule has 3 rings (SSSR count). The summed E-state index contributed by atoms with van der Waals surface area (Å²) in [6.07, 6.45) is 2.03. The zero-order valence-corrected chi connectivity index (χ0v) is 14.0. The number of amides is 1. The first kappa shape index (κ1) is 14.4. The van der Waals surface area contributed by atoms with E-state index in [4.69, 9.17) is 0 Å². The Balaban J connectivity index is 1.89. The van der Waals surface area contributed by atoms with Gasteiger partial charge in [0.25, 0.3) is 5.91 Å². The molecule has 0 spiro atoms. The number of carbonyl (C=O) groups excluding carboxylic acids is 1. The van der Waals surface area contributed by atoms with Crippen molar-refractivity contribution in [3.05, 3.63) is 56.7 Å². The predicted octanol–water partition coefficient (Wildman–Crippen LogP) is 4.21. The maximum atomic E-state index is 12.6. The van der Waals surface area contributed by atoms with Crippen LogP contribution in [0.1, 0.15) is 27.9 Å². The van der Waals surface area contributed by atoms with Crippen LogP contribution in [0.3, 0.4) is 0 Å². The Morgan fingerprint density at radius 1 is 1.29 bits per heavy atom. The minimum atomic E-state index is -0.0279. The third kappa shape index (κ3) is 3.05. The molecule has 4 heteroatoms. The van der Waals surface area contributed by atoms with E-state index in [0.29, 0.717) is 0 Å². The molecule has 1 amide bonds. The van der Waals surface area contributed by atoms with Crippen LogP contribution in [0, 0.1) is 10.5 Å². The fourth-order valence-electron chi connectivity index (χ4n) is 2.68. The monoisotopic (exact) mass is 392 g/mol. The van der Waals surface area contributed by atoms with Crippen molar-refractivity contribution >= 4 is 39.9 Å². The van der Waals surface area contributed by atoms with E-state index in [9.17, 15) is 4.79 Å². The van der Waals surface area contributed by atoms with Crippen LogP contribution < -0.4 is 10.6 Å². The molecule has 2 aromatic carbocycles. The van der Waals surface area contributed by atoms with Crippen molar-refractivity contribution in [3.8, 4) is 0 Å². The highest BCUT2D eigenvalue weighted by Gasteiger charge is 2.17. The van der Waals surface area contributed by atoms with Crippen molar-refractivity contribution < 1.29 is 4.79 Å². The fourth-order valence-corrected chi connectivity index (χ4v) is 3.33. The van der Waals surface area contributed by atoms with Crippen molar-refractivity contribution in [1.29, 1.82) is 0 Å². The molecule has 1 aliphatic heterocycles. The van der Waals surface area contributed by atoms with E-state index in [0.717, 1.165) is 47.5 Å². The van der Waals surface area contributed by atoms with Crippen molar-refractivity contribution in [2.75, 3.05) is 17.2 Å². The third-order valence-electron chi connectivity index (χ3n) is 3.78. The molecule has 2 aromatic rings. The summed E-state index contributed by atoms with van der Waals surface area (Å²) in [6, 6.07) is 11.9. The Morgan fingerprint density at radius 2 is 2.14 bits per heavy atom. The van der Waals surface area contributed by atoms with Crippen molar-refractivity contribution in [3.63, 3.8) is 0 Å². The molecule has 108 valence electrons. The summed E-state index contributed by atoms with van der Waals surface area (Å²) in [7, 11) is 0. The Kier molecular flexibility index (Phi) is 4.14. The highest BCUT2D eigenvalue weighted by atomic mass is 127. The van der Waals surface area contributed by atoms with Gasteiger partial charge in [0, 0.05) is 27.1 Å². The lowest BCUT2D eigenvalue weighted by molar-refractivity contribution is 0.102. The molecule has 3 nitrogen and oxygen atoms in total. The third-order valence-corrected chi connectivity index (χ3v) is 4.45. The first-order chi connectivity index (χ1) is 10.1. The summed E-state index contributed by atoms with van der Waals surface area (Å²) in [5.41, 5.74) is 4.95. The molecule has 1 aliphatic rings. The number of benzene rings is 2. The highest BCUT2D eigenvalue weighted by molar-refractivity contribution is 14.1. The van der Waals surface area contributed by atoms with Crippen LogP contribution in [-0.4, -0.2) is 12.5 Å². The second-order valence-electron chi connectivity index (χ2n) is 5.28. The SMILES string of the molecule is Cc1cc(I)ccc1NC(=O)c1cccc2c1CCCN2. The fraction of sp³-hybridized carbons (Fsp3) is 0.235. The van der Waals surface area contributed by atoms with Crippen LogP contribution in [-0.2, 0) is 6.42 Å². The smallest absolute Gasteiger partial charge is 0.256 e. The van der Waals surface area contributed by atoms with Gasteiger partial charge in [-0.1, -0.05) is 6.07 Å². The number of fused-ring (bicyclic) bond motifs is 1. The van der Waals surface area contributed by atoms with Gasteiger partial charge in [0.1, 0.15) is 0 Å². The van der Waals surface area contributed by atoms with Crippen LogP contribution in [0.5, 0.6) is 0 Å². The summed E-state index contributed by atoms with van der Waals surface area (Å²) in [4.78, 5) is 12.6. The number of hydrogen-bond acceptors (Lipinski definition) is 2. The number of aryl methyl sites for hydroxylation is 1. The summed E-state index contributed by atoms with van der Waals surface area (Å²) in [5, 5.41) is 6.39. The van der Waals surface area contributed by atoms with Gasteiger partial charge in [-0.15, -0.1) is 0 Å². The molecule has 0 saturated carbocycles. The molecule has 21 heavy (non-hydrogen) atoms. The normalized spacial score (nSPS) is 13.2. The molecule has 0 saturated heterocycles. The van der Waals surface area contributed by atoms with Crippen molar-refractivity contribution in [1.82, 2.24) is 0 Å². The van der Waals surface area contributed by atoms with Gasteiger partial charge < -0.3 is 10.6 Å². The Labute approximate surface area is 138 Å². The molecule has 0 aliphatic carbocycles. The molecular weight excluding hydrogens is 375 g/mol. The molecule has 0 unspecified atom stereocenters. The van der Waals surface area contributed by atoms with Crippen molar-refractivity contribution in [2.24, 2.45) is 0 Å². The second-order valence-corrected chi connectivity index (χ2v) is 6.52. The molecule has 0 radical (unpaired) electrons. The Bertz CT molecular complexity index is 697. The second kappa shape index (κ2) is 6.05. The molecule has 0 fully saturated rings. The van der Waals surface area contributed by atoms with Crippen LogP contribution in [0.2, 0.25) is 0 Å². The van der Waals surface area contributed by atoms with Crippen LogP contribution >= 0.6 is 22.6 Å². The minimum absolute atomic E-state index is 0.0279. The first-order valence-electron chi connectivity index (χ1n) is 7.08. The van der Waals surface area contributed by atoms with Crippen LogP contribution in [0.4, 0.5) is 11.4 Å². The lowest BCUT2D eigenvalue weighted by Gasteiger charge is -2.20. The molecular formula is C17H17IN2O. The van der Waals surface area contributed by atoms with Gasteiger partial charge in [0.05, 0.1) is 0 Å². The van der Waals surface area contributed by atoms with E-state index < -0.39 is 0 Å². The number of nitrogens with one attached hydrogen (secondary N) is 2. The van der Waals surface area contributed by atoms with Crippen LogP contribution in [0.15, 0.2) is 36.4 Å². The summed E-state index contributed by atoms with van der Waals surface area (Å²) < 4.78 is 1.17. The predicted molar refractivity (Wildman–Crippen MR) is 95.1 cm³/mol. The number of halogens is 1. The van der Waals surface area contributed by atoms with Gasteiger partial charge in [0.2, 0.25) is 0 Å². The summed E-state index contributed by atoms with van der Waals surface area (Å²) in [5.74, 6) is -0.0279. The van der Waals surface area contributed by atoms with E-state index in [1.165, 1.54) is 3.57 Å². The first-order valence-corrected chi connectivity index (χ1v) is 8.16. The van der Waals surface area contributed by atoms with Gasteiger partial charge >= 0.3 is 0 Å². The molecule has 1 heterocycles. The quantitative estimate of drug-likeness (QED) is 0.752. The van der Waals surface area contributed by atoms with E-state index in [1.54, 1.807) is 0 Å². The average molecular weight is 392 g/mol. The zero-order valence-electron chi connectivity index (χ0n) is 11.9. The number of rotatable bonds is 2. The maximum Gasteiger partial charge on any atom is 0.256 e. The van der Waals surface area contributed by atoms with Gasteiger partial charge in [-0.3, -0.25) is 4.79 Å². The van der Waals surface area contributed by atoms with E-state index in [-0.39, 0.29) is 5.91 Å². The van der Waals surface area contributed by atoms with E-state index >= 15 is 0 Å². The van der Waals surface area contributed by atoms with E-state index in [1.807, 2.05) is 37.3 Å². The maximum absolute atomic E-state index is 12.6. The topological polar surface area (TPSA) is 41.1 Å². The number of carbonyl (C=O) groups is 1. The van der Waals surface area contributed by atoms with Gasteiger partial charge in [-0.2, -0.15) is 0 Å². The Morgan fingerprint density at radius 3 is 2.95 bits per heavy atom. The highest BCUT2D eigenvalue weighted by Crippen LogP contribution is 2.26. The Hall–Kier alpha value is -1.56. The lowest BCUT2D eigenvalue weighted by Crippen LogP contribution is -2.19. The minimum Gasteiger partial charge on any atom is -0.385 e. The van der Waals surface area contributed by atoms with E-state index in [2.05, 4.69) is 39.3 Å². The lowest BCUT2D eigenvalue weighted by atomic mass is 9.97. The summed E-state index contributed by atoms with van der Waals surface area (Å²) >= 11 is 2.27. The van der Waals surface area contributed by atoms with Gasteiger partial charge in [-0.25, -0.2) is 0 Å². The average Bonchev–Trinajstić information content (AvgIpc) is 2.49. The molecule has 0 aromatic heterocycles. The van der Waals surface area contributed by atoms with Crippen molar-refractivity contribution in [2.45, 2.75) is 19.8 Å². The van der Waals surface area contributed by atoms with Gasteiger partial charge in [0.15, 0.2) is 0 Å². The molecule has 0 bridgehead atoms. The van der Waals surface area contributed by atoms with Gasteiger partial charge in [-0.05, 0) is 83.8 Å². The number of hydrogen-bond donors (Lipinski definition) is 2. The zero-order chi connectivity index (χ0) is 14.8. The largest absolute Gasteiger partial charge is 0.385 e. The standard InChI is InChI=1S/C17H17IN2O/c1-11-10-12(18)7-8-15(11)20-17(21)14-4-2-6-16-13(14)5-3-9-19-16/h2,4,6-8,10,19H,3,5,9H2,1H3,(H,20,21). The molecule has 0 atom stereocenters. The number of anilines is 2.